The maximum absolute atomic E-state index is 4.38. The first-order valence-electron chi connectivity index (χ1n) is 5.28. The molecule has 0 saturated carbocycles. The molecule has 0 saturated heterocycles. The van der Waals surface area contributed by atoms with E-state index in [4.69, 9.17) is 0 Å². The van der Waals surface area contributed by atoms with Crippen LogP contribution < -0.4 is 10.6 Å². The summed E-state index contributed by atoms with van der Waals surface area (Å²) in [6.07, 6.45) is 0. The highest BCUT2D eigenvalue weighted by Gasteiger charge is 2.11. The fourth-order valence-electron chi connectivity index (χ4n) is 1.25. The molecule has 0 radical (unpaired) electrons. The molecule has 84 valence electrons. The molecule has 4 nitrogen and oxygen atoms in total. The van der Waals surface area contributed by atoms with Gasteiger partial charge in [-0.3, -0.25) is 0 Å². The van der Waals surface area contributed by atoms with Gasteiger partial charge in [0, 0.05) is 23.8 Å². The first kappa shape index (κ1) is 11.8. The van der Waals surface area contributed by atoms with Crippen LogP contribution in [-0.2, 0) is 0 Å². The van der Waals surface area contributed by atoms with Crippen molar-refractivity contribution in [3.05, 3.63) is 11.8 Å². The van der Waals surface area contributed by atoms with E-state index in [1.807, 2.05) is 19.9 Å². The Labute approximate surface area is 91.5 Å². The van der Waals surface area contributed by atoms with Crippen molar-refractivity contribution in [1.82, 2.24) is 9.97 Å². The number of rotatable bonds is 3. The van der Waals surface area contributed by atoms with Crippen LogP contribution in [-0.4, -0.2) is 22.1 Å². The Hall–Kier alpha value is -1.32. The van der Waals surface area contributed by atoms with Crippen molar-refractivity contribution in [1.29, 1.82) is 0 Å². The summed E-state index contributed by atoms with van der Waals surface area (Å²) in [5.74, 6) is 1.55. The monoisotopic (exact) mass is 208 g/mol. The Balaban J connectivity index is 2.88. The average molecular weight is 208 g/mol. The van der Waals surface area contributed by atoms with E-state index in [-0.39, 0.29) is 5.54 Å². The van der Waals surface area contributed by atoms with Gasteiger partial charge in [-0.1, -0.05) is 0 Å². The van der Waals surface area contributed by atoms with E-state index in [9.17, 15) is 0 Å². The first-order chi connectivity index (χ1) is 6.90. The smallest absolute Gasteiger partial charge is 0.224 e. The Kier molecular flexibility index (Phi) is 3.50. The maximum atomic E-state index is 4.38. The summed E-state index contributed by atoms with van der Waals surface area (Å²) < 4.78 is 0. The quantitative estimate of drug-likeness (QED) is 0.801. The van der Waals surface area contributed by atoms with E-state index in [1.165, 1.54) is 0 Å². The topological polar surface area (TPSA) is 49.8 Å². The van der Waals surface area contributed by atoms with Crippen molar-refractivity contribution in [2.45, 2.75) is 40.2 Å². The Morgan fingerprint density at radius 2 is 1.93 bits per heavy atom. The Morgan fingerprint density at radius 3 is 2.47 bits per heavy atom. The molecule has 15 heavy (non-hydrogen) atoms. The van der Waals surface area contributed by atoms with Crippen LogP contribution in [0.4, 0.5) is 11.8 Å². The lowest BCUT2D eigenvalue weighted by molar-refractivity contribution is 0.630. The summed E-state index contributed by atoms with van der Waals surface area (Å²) in [4.78, 5) is 8.67. The zero-order valence-electron chi connectivity index (χ0n) is 10.2. The summed E-state index contributed by atoms with van der Waals surface area (Å²) in [6.45, 7) is 11.2. The van der Waals surface area contributed by atoms with Crippen LogP contribution in [0.1, 0.15) is 33.4 Å². The van der Waals surface area contributed by atoms with Gasteiger partial charge in [0.05, 0.1) is 0 Å². The minimum absolute atomic E-state index is 0.0181. The fourth-order valence-corrected chi connectivity index (χ4v) is 1.25. The number of nitrogens with zero attached hydrogens (tertiary/aromatic N) is 2. The van der Waals surface area contributed by atoms with Gasteiger partial charge in [-0.05, 0) is 34.6 Å². The van der Waals surface area contributed by atoms with Crippen molar-refractivity contribution >= 4 is 11.8 Å². The summed E-state index contributed by atoms with van der Waals surface area (Å²) in [5.41, 5.74) is 0.984. The van der Waals surface area contributed by atoms with E-state index >= 15 is 0 Å². The van der Waals surface area contributed by atoms with Crippen LogP contribution >= 0.6 is 0 Å². The lowest BCUT2D eigenvalue weighted by Crippen LogP contribution is -2.27. The Morgan fingerprint density at radius 1 is 1.27 bits per heavy atom. The highest BCUT2D eigenvalue weighted by Crippen LogP contribution is 2.14. The Bertz CT molecular complexity index is 328. The fraction of sp³-hybridized carbons (Fsp3) is 0.636. The number of hydrogen-bond acceptors (Lipinski definition) is 4. The molecule has 0 aliphatic rings. The van der Waals surface area contributed by atoms with Crippen LogP contribution in [0, 0.1) is 6.92 Å². The van der Waals surface area contributed by atoms with Crippen LogP contribution in [0.25, 0.3) is 0 Å². The molecular weight excluding hydrogens is 188 g/mol. The molecule has 0 unspecified atom stereocenters. The SMILES string of the molecule is CCNc1nc(C)cc(NC(C)(C)C)n1. The van der Waals surface area contributed by atoms with Gasteiger partial charge < -0.3 is 10.6 Å². The van der Waals surface area contributed by atoms with Crippen molar-refractivity contribution in [3.8, 4) is 0 Å². The number of aromatic nitrogens is 2. The van der Waals surface area contributed by atoms with Gasteiger partial charge in [0.15, 0.2) is 0 Å². The zero-order chi connectivity index (χ0) is 11.5. The minimum atomic E-state index is 0.0181. The second kappa shape index (κ2) is 4.47. The summed E-state index contributed by atoms with van der Waals surface area (Å²) in [5, 5.41) is 6.44. The van der Waals surface area contributed by atoms with E-state index < -0.39 is 0 Å². The molecular formula is C11H20N4. The molecule has 0 aliphatic heterocycles. The molecule has 1 rings (SSSR count). The second-order valence-electron chi connectivity index (χ2n) is 4.62. The van der Waals surface area contributed by atoms with Gasteiger partial charge in [-0.15, -0.1) is 0 Å². The molecule has 0 fully saturated rings. The summed E-state index contributed by atoms with van der Waals surface area (Å²) in [6, 6.07) is 1.95. The lowest BCUT2D eigenvalue weighted by atomic mass is 10.1. The third-order valence-corrected chi connectivity index (χ3v) is 1.69. The van der Waals surface area contributed by atoms with Gasteiger partial charge in [0.2, 0.25) is 5.95 Å². The minimum Gasteiger partial charge on any atom is -0.365 e. The molecule has 1 aromatic rings. The van der Waals surface area contributed by atoms with E-state index in [0.29, 0.717) is 5.95 Å². The van der Waals surface area contributed by atoms with Crippen molar-refractivity contribution in [2.75, 3.05) is 17.2 Å². The molecule has 0 aliphatic carbocycles. The predicted octanol–water partition coefficient (Wildman–Crippen LogP) is 2.43. The summed E-state index contributed by atoms with van der Waals surface area (Å²) in [7, 11) is 0. The first-order valence-corrected chi connectivity index (χ1v) is 5.28. The lowest BCUT2D eigenvalue weighted by Gasteiger charge is -2.21. The number of hydrogen-bond donors (Lipinski definition) is 2. The van der Waals surface area contributed by atoms with Crippen LogP contribution in [0.5, 0.6) is 0 Å². The van der Waals surface area contributed by atoms with Crippen molar-refractivity contribution in [3.63, 3.8) is 0 Å². The second-order valence-corrected chi connectivity index (χ2v) is 4.62. The third-order valence-electron chi connectivity index (χ3n) is 1.69. The van der Waals surface area contributed by atoms with Gasteiger partial charge in [-0.2, -0.15) is 4.98 Å². The predicted molar refractivity (Wildman–Crippen MR) is 64.3 cm³/mol. The third kappa shape index (κ3) is 4.14. The molecule has 0 amide bonds. The molecule has 0 atom stereocenters. The van der Waals surface area contributed by atoms with E-state index in [2.05, 4.69) is 41.4 Å². The van der Waals surface area contributed by atoms with Crippen molar-refractivity contribution in [2.24, 2.45) is 0 Å². The summed E-state index contributed by atoms with van der Waals surface area (Å²) >= 11 is 0. The molecule has 1 aromatic heterocycles. The number of aryl methyl sites for hydroxylation is 1. The maximum Gasteiger partial charge on any atom is 0.224 e. The van der Waals surface area contributed by atoms with Gasteiger partial charge in [0.1, 0.15) is 5.82 Å². The average Bonchev–Trinajstić information content (AvgIpc) is 1.99. The number of nitrogens with one attached hydrogen (secondary N) is 2. The van der Waals surface area contributed by atoms with E-state index in [1.54, 1.807) is 0 Å². The molecule has 1 heterocycles. The standard InChI is InChI=1S/C11H20N4/c1-6-12-10-13-8(2)7-9(14-10)15-11(3,4)5/h7H,6H2,1-5H3,(H2,12,13,14,15). The normalized spacial score (nSPS) is 11.3. The molecule has 0 aromatic carbocycles. The van der Waals surface area contributed by atoms with E-state index in [0.717, 1.165) is 18.1 Å². The van der Waals surface area contributed by atoms with Gasteiger partial charge in [-0.25, -0.2) is 4.98 Å². The van der Waals surface area contributed by atoms with Crippen molar-refractivity contribution < 1.29 is 0 Å². The van der Waals surface area contributed by atoms with Crippen LogP contribution in [0.2, 0.25) is 0 Å². The van der Waals surface area contributed by atoms with Crippen LogP contribution in [0.3, 0.4) is 0 Å². The molecule has 4 heteroatoms. The largest absolute Gasteiger partial charge is 0.365 e. The number of anilines is 2. The highest BCUT2D eigenvalue weighted by atomic mass is 15.2. The zero-order valence-corrected chi connectivity index (χ0v) is 10.2. The van der Waals surface area contributed by atoms with Gasteiger partial charge in [0.25, 0.3) is 0 Å². The molecule has 2 N–H and O–H groups in total. The van der Waals surface area contributed by atoms with Crippen LogP contribution in [0.15, 0.2) is 6.07 Å². The van der Waals surface area contributed by atoms with Gasteiger partial charge >= 0.3 is 0 Å². The molecule has 0 bridgehead atoms. The molecule has 0 spiro atoms. The highest BCUT2D eigenvalue weighted by molar-refractivity contribution is 5.43.